The summed E-state index contributed by atoms with van der Waals surface area (Å²) in [6.45, 7) is 9.70. The highest BCUT2D eigenvalue weighted by Gasteiger charge is 2.06. The van der Waals surface area contributed by atoms with Crippen molar-refractivity contribution in [3.05, 3.63) is 29.3 Å². The third-order valence-electron chi connectivity index (χ3n) is 3.86. The Morgan fingerprint density at radius 3 is 2.55 bits per heavy atom. The van der Waals surface area contributed by atoms with Gasteiger partial charge in [0.05, 0.1) is 0 Å². The summed E-state index contributed by atoms with van der Waals surface area (Å²) in [5.41, 5.74) is 3.65. The van der Waals surface area contributed by atoms with Gasteiger partial charge >= 0.3 is 0 Å². The Labute approximate surface area is 129 Å². The van der Waals surface area contributed by atoms with Gasteiger partial charge in [-0.05, 0) is 61.7 Å². The first-order chi connectivity index (χ1) is 9.56. The van der Waals surface area contributed by atoms with Crippen molar-refractivity contribution in [3.8, 4) is 0 Å². The van der Waals surface area contributed by atoms with Gasteiger partial charge in [-0.25, -0.2) is 0 Å². The number of hydrogen-bond acceptors (Lipinski definition) is 1. The molecule has 0 aliphatic heterocycles. The number of rotatable bonds is 7. The van der Waals surface area contributed by atoms with Crippen LogP contribution in [-0.4, -0.2) is 11.7 Å². The van der Waals surface area contributed by atoms with Gasteiger partial charge in [0.15, 0.2) is 5.11 Å². The van der Waals surface area contributed by atoms with E-state index >= 15 is 0 Å². The molecule has 0 heterocycles. The molecule has 1 unspecified atom stereocenters. The van der Waals surface area contributed by atoms with Crippen molar-refractivity contribution in [2.24, 2.45) is 5.92 Å². The van der Waals surface area contributed by atoms with Crippen LogP contribution in [0.1, 0.15) is 50.7 Å². The molecule has 112 valence electrons. The predicted molar refractivity (Wildman–Crippen MR) is 93.4 cm³/mol. The van der Waals surface area contributed by atoms with Gasteiger partial charge in [0.25, 0.3) is 0 Å². The van der Waals surface area contributed by atoms with Crippen LogP contribution in [0.3, 0.4) is 0 Å². The molecule has 0 aliphatic carbocycles. The Kier molecular flexibility index (Phi) is 7.60. The molecule has 0 saturated heterocycles. The second-order valence-electron chi connectivity index (χ2n) is 5.55. The van der Waals surface area contributed by atoms with Gasteiger partial charge in [0, 0.05) is 12.2 Å². The lowest BCUT2D eigenvalue weighted by atomic mass is 9.99. The van der Waals surface area contributed by atoms with Crippen LogP contribution in [0.5, 0.6) is 0 Å². The lowest BCUT2D eigenvalue weighted by Crippen LogP contribution is -2.32. The van der Waals surface area contributed by atoms with Gasteiger partial charge in [-0.15, -0.1) is 0 Å². The average Bonchev–Trinajstić information content (AvgIpc) is 2.43. The maximum Gasteiger partial charge on any atom is 0.170 e. The number of unbranched alkanes of at least 4 members (excludes halogenated alkanes) is 1. The number of hydrogen-bond donors (Lipinski definition) is 2. The molecule has 2 nitrogen and oxygen atoms in total. The number of anilines is 1. The summed E-state index contributed by atoms with van der Waals surface area (Å²) in [5, 5.41) is 7.34. The summed E-state index contributed by atoms with van der Waals surface area (Å²) in [7, 11) is 0. The monoisotopic (exact) mass is 292 g/mol. The standard InChI is InChI=1S/C17H28N2S/c1-5-7-8-15(6-2)12-18-17(20)19-16-10-9-13(3)14(4)11-16/h9-11,15H,5-8,12H2,1-4H3,(H2,18,19,20). The van der Waals surface area contributed by atoms with Crippen molar-refractivity contribution in [2.75, 3.05) is 11.9 Å². The van der Waals surface area contributed by atoms with Crippen LogP contribution in [0.25, 0.3) is 0 Å². The minimum absolute atomic E-state index is 0.717. The largest absolute Gasteiger partial charge is 0.362 e. The van der Waals surface area contributed by atoms with Gasteiger partial charge in [-0.3, -0.25) is 0 Å². The smallest absolute Gasteiger partial charge is 0.170 e. The Balaban J connectivity index is 2.40. The van der Waals surface area contributed by atoms with E-state index in [1.54, 1.807) is 0 Å². The first-order valence-corrected chi connectivity index (χ1v) is 8.09. The number of benzene rings is 1. The summed E-state index contributed by atoms with van der Waals surface area (Å²) in [6.07, 6.45) is 5.06. The van der Waals surface area contributed by atoms with E-state index in [-0.39, 0.29) is 0 Å². The quantitative estimate of drug-likeness (QED) is 0.705. The molecular weight excluding hydrogens is 264 g/mol. The van der Waals surface area contributed by atoms with Gasteiger partial charge in [-0.1, -0.05) is 39.2 Å². The zero-order valence-electron chi connectivity index (χ0n) is 13.3. The predicted octanol–water partition coefficient (Wildman–Crippen LogP) is 4.81. The van der Waals surface area contributed by atoms with Gasteiger partial charge in [-0.2, -0.15) is 0 Å². The van der Waals surface area contributed by atoms with Crippen molar-refractivity contribution in [3.63, 3.8) is 0 Å². The van der Waals surface area contributed by atoms with Crippen molar-refractivity contribution in [1.29, 1.82) is 0 Å². The lowest BCUT2D eigenvalue weighted by molar-refractivity contribution is 0.446. The van der Waals surface area contributed by atoms with E-state index in [0.29, 0.717) is 0 Å². The van der Waals surface area contributed by atoms with E-state index < -0.39 is 0 Å². The molecule has 0 fully saturated rings. The molecule has 0 saturated carbocycles. The fourth-order valence-electron chi connectivity index (χ4n) is 2.17. The van der Waals surface area contributed by atoms with Crippen LogP contribution < -0.4 is 10.6 Å². The molecule has 20 heavy (non-hydrogen) atoms. The summed E-state index contributed by atoms with van der Waals surface area (Å²) < 4.78 is 0. The van der Waals surface area contributed by atoms with Crippen molar-refractivity contribution >= 4 is 23.0 Å². The normalized spacial score (nSPS) is 12.0. The van der Waals surface area contributed by atoms with Crippen LogP contribution in [-0.2, 0) is 0 Å². The highest BCUT2D eigenvalue weighted by atomic mass is 32.1. The van der Waals surface area contributed by atoms with Gasteiger partial charge in [0.1, 0.15) is 0 Å². The minimum Gasteiger partial charge on any atom is -0.362 e. The zero-order valence-corrected chi connectivity index (χ0v) is 14.1. The fraction of sp³-hybridized carbons (Fsp3) is 0.588. The molecule has 0 aliphatic rings. The number of nitrogens with one attached hydrogen (secondary N) is 2. The third kappa shape index (κ3) is 5.91. The Hall–Kier alpha value is -1.09. The SMILES string of the molecule is CCCCC(CC)CNC(=S)Nc1ccc(C)c(C)c1. The first-order valence-electron chi connectivity index (χ1n) is 7.68. The molecule has 3 heteroatoms. The van der Waals surface area contributed by atoms with Crippen LogP contribution in [0, 0.1) is 19.8 Å². The molecule has 0 amide bonds. The topological polar surface area (TPSA) is 24.1 Å². The summed E-state index contributed by atoms with van der Waals surface area (Å²) in [4.78, 5) is 0. The highest BCUT2D eigenvalue weighted by molar-refractivity contribution is 7.80. The van der Waals surface area contributed by atoms with Gasteiger partial charge < -0.3 is 10.6 Å². The average molecular weight is 292 g/mol. The zero-order chi connectivity index (χ0) is 15.0. The fourth-order valence-corrected chi connectivity index (χ4v) is 2.38. The van der Waals surface area contributed by atoms with Crippen LogP contribution in [0.2, 0.25) is 0 Å². The summed E-state index contributed by atoms with van der Waals surface area (Å²) in [5.74, 6) is 0.717. The van der Waals surface area contributed by atoms with Crippen molar-refractivity contribution in [2.45, 2.75) is 53.4 Å². The molecule has 1 aromatic carbocycles. The molecule has 1 rings (SSSR count). The van der Waals surface area contributed by atoms with Gasteiger partial charge in [0.2, 0.25) is 0 Å². The highest BCUT2D eigenvalue weighted by Crippen LogP contribution is 2.14. The van der Waals surface area contributed by atoms with Crippen LogP contribution in [0.4, 0.5) is 5.69 Å². The molecular formula is C17H28N2S. The Morgan fingerprint density at radius 2 is 1.95 bits per heavy atom. The summed E-state index contributed by atoms with van der Waals surface area (Å²) >= 11 is 5.37. The molecule has 0 radical (unpaired) electrons. The molecule has 0 spiro atoms. The van der Waals surface area contributed by atoms with Crippen LogP contribution >= 0.6 is 12.2 Å². The molecule has 2 N–H and O–H groups in total. The van der Waals surface area contributed by atoms with E-state index in [1.165, 1.54) is 36.8 Å². The molecule has 0 bridgehead atoms. The van der Waals surface area contributed by atoms with Crippen LogP contribution in [0.15, 0.2) is 18.2 Å². The molecule has 1 aromatic rings. The molecule has 1 atom stereocenters. The molecule has 0 aromatic heterocycles. The summed E-state index contributed by atoms with van der Waals surface area (Å²) in [6, 6.07) is 6.33. The van der Waals surface area contributed by atoms with E-state index in [2.05, 4.69) is 56.5 Å². The third-order valence-corrected chi connectivity index (χ3v) is 4.11. The number of aryl methyl sites for hydroxylation is 2. The first kappa shape index (κ1) is 17.0. The lowest BCUT2D eigenvalue weighted by Gasteiger charge is -2.17. The maximum absolute atomic E-state index is 5.37. The second-order valence-corrected chi connectivity index (χ2v) is 5.96. The van der Waals surface area contributed by atoms with E-state index in [0.717, 1.165) is 23.3 Å². The van der Waals surface area contributed by atoms with Crippen molar-refractivity contribution < 1.29 is 0 Å². The van der Waals surface area contributed by atoms with E-state index in [1.807, 2.05) is 0 Å². The Bertz CT molecular complexity index is 429. The van der Waals surface area contributed by atoms with E-state index in [9.17, 15) is 0 Å². The minimum atomic E-state index is 0.717. The van der Waals surface area contributed by atoms with Crippen molar-refractivity contribution in [1.82, 2.24) is 5.32 Å². The number of thiocarbonyl (C=S) groups is 1. The Morgan fingerprint density at radius 1 is 1.20 bits per heavy atom. The van der Waals surface area contributed by atoms with E-state index in [4.69, 9.17) is 12.2 Å². The second kappa shape index (κ2) is 8.96. The maximum atomic E-state index is 5.37.